The summed E-state index contributed by atoms with van der Waals surface area (Å²) in [6, 6.07) is 10.2. The van der Waals surface area contributed by atoms with Gasteiger partial charge in [0.2, 0.25) is 0 Å². The number of hydrogen-bond donors (Lipinski definition) is 0. The van der Waals surface area contributed by atoms with Crippen LogP contribution in [0.4, 0.5) is 0 Å². The summed E-state index contributed by atoms with van der Waals surface area (Å²) in [5.41, 5.74) is 1.16. The Balaban J connectivity index is 1.66. The fourth-order valence-corrected chi connectivity index (χ4v) is 3.01. The maximum absolute atomic E-state index is 6.13. The lowest BCUT2D eigenvalue weighted by molar-refractivity contribution is -0.170. The molecular formula is C17H24O4. The third-order valence-corrected chi connectivity index (χ3v) is 3.93. The predicted octanol–water partition coefficient (Wildman–Crippen LogP) is 3.10. The highest BCUT2D eigenvalue weighted by Crippen LogP contribution is 2.36. The Morgan fingerprint density at radius 3 is 2.57 bits per heavy atom. The van der Waals surface area contributed by atoms with Gasteiger partial charge in [-0.05, 0) is 24.8 Å². The van der Waals surface area contributed by atoms with Crippen LogP contribution in [0.3, 0.4) is 0 Å². The third-order valence-electron chi connectivity index (χ3n) is 3.93. The lowest BCUT2D eigenvalue weighted by Gasteiger charge is -2.24. The quantitative estimate of drug-likeness (QED) is 0.835. The first-order chi connectivity index (χ1) is 10.1. The highest BCUT2D eigenvalue weighted by Gasteiger charge is 2.51. The van der Waals surface area contributed by atoms with Gasteiger partial charge in [-0.2, -0.15) is 0 Å². The van der Waals surface area contributed by atoms with Crippen LogP contribution in [0.25, 0.3) is 0 Å². The van der Waals surface area contributed by atoms with E-state index in [-0.39, 0.29) is 30.9 Å². The molecule has 0 saturated carbocycles. The molecule has 1 aromatic rings. The fraction of sp³-hybridized carbons (Fsp3) is 0.647. The van der Waals surface area contributed by atoms with Gasteiger partial charge in [-0.15, -0.1) is 0 Å². The van der Waals surface area contributed by atoms with Crippen molar-refractivity contribution in [2.24, 2.45) is 5.92 Å². The van der Waals surface area contributed by atoms with Gasteiger partial charge in [0.25, 0.3) is 0 Å². The molecule has 0 radical (unpaired) electrons. The van der Waals surface area contributed by atoms with E-state index in [2.05, 4.69) is 26.0 Å². The number of ether oxygens (including phenoxy) is 4. The maximum atomic E-state index is 6.13. The second-order valence-corrected chi connectivity index (χ2v) is 6.24. The zero-order chi connectivity index (χ0) is 14.8. The molecule has 1 unspecified atom stereocenters. The topological polar surface area (TPSA) is 36.9 Å². The van der Waals surface area contributed by atoms with E-state index in [1.807, 2.05) is 25.1 Å². The van der Waals surface area contributed by atoms with E-state index in [0.717, 1.165) is 12.0 Å². The van der Waals surface area contributed by atoms with Crippen LogP contribution in [-0.2, 0) is 25.6 Å². The van der Waals surface area contributed by atoms with Crippen molar-refractivity contribution in [3.05, 3.63) is 35.9 Å². The van der Waals surface area contributed by atoms with Crippen LogP contribution in [0.1, 0.15) is 32.8 Å². The van der Waals surface area contributed by atoms with Crippen LogP contribution in [0.2, 0.25) is 0 Å². The molecule has 0 amide bonds. The summed E-state index contributed by atoms with van der Waals surface area (Å²) in [6.07, 6.45) is 0.298. The minimum absolute atomic E-state index is 0.0382. The van der Waals surface area contributed by atoms with E-state index in [0.29, 0.717) is 12.5 Å². The van der Waals surface area contributed by atoms with E-state index in [1.54, 1.807) is 0 Å². The highest BCUT2D eigenvalue weighted by molar-refractivity contribution is 5.13. The van der Waals surface area contributed by atoms with Crippen molar-refractivity contribution in [1.29, 1.82) is 0 Å². The van der Waals surface area contributed by atoms with E-state index in [1.165, 1.54) is 0 Å². The van der Waals surface area contributed by atoms with Gasteiger partial charge in [0.1, 0.15) is 12.2 Å². The molecule has 3 rings (SSSR count). The zero-order valence-electron chi connectivity index (χ0n) is 12.9. The monoisotopic (exact) mass is 292 g/mol. The Bertz CT molecular complexity index is 447. The molecule has 0 aromatic heterocycles. The van der Waals surface area contributed by atoms with Crippen LogP contribution >= 0.6 is 0 Å². The van der Waals surface area contributed by atoms with Gasteiger partial charge in [0.15, 0.2) is 12.6 Å². The standard InChI is InChI=1S/C17H24O4/c1-11(2)9-14-15(16-17(21-14)20-12(3)19-16)18-10-13-7-5-4-6-8-13/h4-8,11-12,14-17H,9-10H2,1-3H3/t12?,14-,15+,16-,17+/m1/s1. The maximum Gasteiger partial charge on any atom is 0.189 e. The van der Waals surface area contributed by atoms with Gasteiger partial charge in [-0.25, -0.2) is 0 Å². The average molecular weight is 292 g/mol. The van der Waals surface area contributed by atoms with Gasteiger partial charge in [-0.1, -0.05) is 44.2 Å². The molecule has 2 aliphatic heterocycles. The molecule has 116 valence electrons. The van der Waals surface area contributed by atoms with Crippen LogP contribution in [-0.4, -0.2) is 30.9 Å². The van der Waals surface area contributed by atoms with E-state index in [9.17, 15) is 0 Å². The van der Waals surface area contributed by atoms with Crippen molar-refractivity contribution in [3.63, 3.8) is 0 Å². The summed E-state index contributed by atoms with van der Waals surface area (Å²) in [6.45, 7) is 6.85. The number of hydrogen-bond acceptors (Lipinski definition) is 4. The van der Waals surface area contributed by atoms with E-state index in [4.69, 9.17) is 18.9 Å². The first-order valence-corrected chi connectivity index (χ1v) is 7.75. The average Bonchev–Trinajstić information content (AvgIpc) is 2.93. The Morgan fingerprint density at radius 1 is 1.10 bits per heavy atom. The molecule has 2 heterocycles. The molecule has 2 saturated heterocycles. The van der Waals surface area contributed by atoms with Crippen molar-refractivity contribution in [1.82, 2.24) is 0 Å². The summed E-state index contributed by atoms with van der Waals surface area (Å²) in [7, 11) is 0. The summed E-state index contributed by atoms with van der Waals surface area (Å²) in [5, 5.41) is 0. The second kappa shape index (κ2) is 6.44. The van der Waals surface area contributed by atoms with Crippen LogP contribution in [0.5, 0.6) is 0 Å². The molecule has 4 nitrogen and oxygen atoms in total. The summed E-state index contributed by atoms with van der Waals surface area (Å²) >= 11 is 0. The van der Waals surface area contributed by atoms with Crippen LogP contribution in [0.15, 0.2) is 30.3 Å². The normalized spacial score (nSPS) is 35.3. The van der Waals surface area contributed by atoms with Crippen molar-refractivity contribution < 1.29 is 18.9 Å². The Kier molecular flexibility index (Phi) is 4.60. The second-order valence-electron chi connectivity index (χ2n) is 6.24. The summed E-state index contributed by atoms with van der Waals surface area (Å²) in [5.74, 6) is 0.550. The van der Waals surface area contributed by atoms with Crippen molar-refractivity contribution in [2.45, 2.75) is 64.7 Å². The molecule has 2 fully saturated rings. The number of fused-ring (bicyclic) bond motifs is 1. The van der Waals surface area contributed by atoms with Crippen molar-refractivity contribution >= 4 is 0 Å². The number of rotatable bonds is 5. The van der Waals surface area contributed by atoms with Crippen LogP contribution < -0.4 is 0 Å². The van der Waals surface area contributed by atoms with Gasteiger partial charge >= 0.3 is 0 Å². The van der Waals surface area contributed by atoms with Gasteiger partial charge in [0, 0.05) is 0 Å². The molecule has 2 aliphatic rings. The van der Waals surface area contributed by atoms with Crippen molar-refractivity contribution in [3.8, 4) is 0 Å². The van der Waals surface area contributed by atoms with Gasteiger partial charge in [-0.3, -0.25) is 0 Å². The van der Waals surface area contributed by atoms with Gasteiger partial charge in [0.05, 0.1) is 12.7 Å². The van der Waals surface area contributed by atoms with Gasteiger partial charge < -0.3 is 18.9 Å². The Labute approximate surface area is 126 Å². The molecule has 1 aromatic carbocycles. The zero-order valence-corrected chi connectivity index (χ0v) is 12.9. The predicted molar refractivity (Wildman–Crippen MR) is 78.6 cm³/mol. The molecule has 21 heavy (non-hydrogen) atoms. The first kappa shape index (κ1) is 15.0. The number of benzene rings is 1. The molecule has 4 heteroatoms. The SMILES string of the molecule is CC(C)C[C@H]1O[C@@H]2OC(C)O[C@@H]2[C@H]1OCc1ccccc1. The minimum Gasteiger partial charge on any atom is -0.368 e. The minimum atomic E-state index is -0.287. The highest BCUT2D eigenvalue weighted by atomic mass is 16.8. The molecule has 0 N–H and O–H groups in total. The smallest absolute Gasteiger partial charge is 0.189 e. The first-order valence-electron chi connectivity index (χ1n) is 7.75. The molecule has 5 atom stereocenters. The fourth-order valence-electron chi connectivity index (χ4n) is 3.01. The van der Waals surface area contributed by atoms with E-state index < -0.39 is 0 Å². The van der Waals surface area contributed by atoms with Crippen LogP contribution in [0, 0.1) is 5.92 Å². The molecule has 0 aliphatic carbocycles. The summed E-state index contributed by atoms with van der Waals surface area (Å²) < 4.78 is 23.6. The third kappa shape index (κ3) is 3.46. The Hall–Kier alpha value is -0.940. The molecule has 0 spiro atoms. The molecule has 0 bridgehead atoms. The lowest BCUT2D eigenvalue weighted by Crippen LogP contribution is -2.35. The lowest BCUT2D eigenvalue weighted by atomic mass is 10.0. The Morgan fingerprint density at radius 2 is 1.86 bits per heavy atom. The van der Waals surface area contributed by atoms with Crippen molar-refractivity contribution in [2.75, 3.05) is 0 Å². The summed E-state index contributed by atoms with van der Waals surface area (Å²) in [4.78, 5) is 0. The van der Waals surface area contributed by atoms with E-state index >= 15 is 0 Å². The molecular weight excluding hydrogens is 268 g/mol. The largest absolute Gasteiger partial charge is 0.368 e.